The lowest BCUT2D eigenvalue weighted by molar-refractivity contribution is -0.115. The Morgan fingerprint density at radius 1 is 1.36 bits per heavy atom. The highest BCUT2D eigenvalue weighted by atomic mass is 35.5. The Kier molecular flexibility index (Phi) is 5.44. The second-order valence-electron chi connectivity index (χ2n) is 4.42. The van der Waals surface area contributed by atoms with Gasteiger partial charge in [-0.2, -0.15) is 0 Å². The summed E-state index contributed by atoms with van der Waals surface area (Å²) in [5.74, 6) is -0.280. The molecule has 0 aliphatic carbocycles. The number of thioether (sulfide) groups is 1. The lowest BCUT2D eigenvalue weighted by atomic mass is 10.3. The van der Waals surface area contributed by atoms with Gasteiger partial charge in [0.1, 0.15) is 5.69 Å². The van der Waals surface area contributed by atoms with Crippen molar-refractivity contribution < 1.29 is 4.79 Å². The van der Waals surface area contributed by atoms with E-state index in [0.29, 0.717) is 15.7 Å². The third kappa shape index (κ3) is 4.22. The van der Waals surface area contributed by atoms with E-state index in [2.05, 4.69) is 20.5 Å². The molecule has 22 heavy (non-hydrogen) atoms. The largest absolute Gasteiger partial charge is 0.324 e. The smallest absolute Gasteiger partial charge is 0.273 e. The Balaban J connectivity index is 2.05. The predicted molar refractivity (Wildman–Crippen MR) is 87.8 cm³/mol. The number of H-pyrrole nitrogens is 1. The molecule has 116 valence electrons. The minimum absolute atomic E-state index is 0.273. The van der Waals surface area contributed by atoms with Crippen LogP contribution < -0.4 is 10.9 Å². The highest BCUT2D eigenvalue weighted by molar-refractivity contribution is 8.00. The van der Waals surface area contributed by atoms with Crippen LogP contribution in [0.5, 0.6) is 0 Å². The number of halogens is 2. The standard InChI is InChI=1S/C13H12Cl2N4O2S/c1-6-11(20)17-13(19-18-6)22-7(2)12(21)16-10-4-3-8(14)5-9(10)15/h3-5,7H,1-2H3,(H,16,21)(H,17,19,20)/t7-/m1/s1. The van der Waals surface area contributed by atoms with Crippen LogP contribution in [0.4, 0.5) is 5.69 Å². The number of hydrogen-bond donors (Lipinski definition) is 2. The Morgan fingerprint density at radius 3 is 2.73 bits per heavy atom. The molecule has 1 amide bonds. The molecule has 1 heterocycles. The molecule has 1 atom stereocenters. The minimum atomic E-state index is -0.501. The van der Waals surface area contributed by atoms with E-state index >= 15 is 0 Å². The van der Waals surface area contributed by atoms with E-state index < -0.39 is 5.25 Å². The summed E-state index contributed by atoms with van der Waals surface area (Å²) in [6.45, 7) is 3.24. The maximum absolute atomic E-state index is 12.1. The number of aromatic amines is 1. The molecule has 0 aliphatic rings. The third-order valence-corrected chi connectivity index (χ3v) is 4.21. The second-order valence-corrected chi connectivity index (χ2v) is 6.59. The summed E-state index contributed by atoms with van der Waals surface area (Å²) >= 11 is 12.9. The van der Waals surface area contributed by atoms with Gasteiger partial charge < -0.3 is 5.32 Å². The van der Waals surface area contributed by atoms with Gasteiger partial charge in [0.25, 0.3) is 5.56 Å². The molecule has 0 aliphatic heterocycles. The molecule has 1 aromatic carbocycles. The van der Waals surface area contributed by atoms with E-state index in [4.69, 9.17) is 23.2 Å². The number of nitrogens with zero attached hydrogens (tertiary/aromatic N) is 2. The maximum atomic E-state index is 12.1. The van der Waals surface area contributed by atoms with Crippen LogP contribution >= 0.6 is 35.0 Å². The van der Waals surface area contributed by atoms with Crippen LogP contribution in [0, 0.1) is 6.92 Å². The summed E-state index contributed by atoms with van der Waals surface area (Å²) in [4.78, 5) is 26.2. The van der Waals surface area contributed by atoms with Crippen molar-refractivity contribution in [2.75, 3.05) is 5.32 Å². The first-order valence-corrected chi connectivity index (χ1v) is 7.86. The summed E-state index contributed by atoms with van der Waals surface area (Å²) in [6, 6.07) is 4.79. The van der Waals surface area contributed by atoms with Crippen LogP contribution in [-0.4, -0.2) is 26.3 Å². The number of amides is 1. The summed E-state index contributed by atoms with van der Waals surface area (Å²) < 4.78 is 0. The summed E-state index contributed by atoms with van der Waals surface area (Å²) in [6.07, 6.45) is 0. The molecule has 0 saturated heterocycles. The van der Waals surface area contributed by atoms with Crippen molar-refractivity contribution in [3.05, 3.63) is 44.3 Å². The number of aromatic nitrogens is 3. The molecule has 1 aromatic heterocycles. The second kappa shape index (κ2) is 7.13. The number of nitrogens with one attached hydrogen (secondary N) is 2. The molecule has 0 unspecified atom stereocenters. The highest BCUT2D eigenvalue weighted by Gasteiger charge is 2.17. The topological polar surface area (TPSA) is 87.7 Å². The molecule has 2 N–H and O–H groups in total. The monoisotopic (exact) mass is 358 g/mol. The Bertz CT molecular complexity index is 766. The van der Waals surface area contributed by atoms with Gasteiger partial charge in [0.15, 0.2) is 5.16 Å². The molecule has 9 heteroatoms. The first-order chi connectivity index (χ1) is 10.4. The fourth-order valence-electron chi connectivity index (χ4n) is 1.48. The Morgan fingerprint density at radius 2 is 2.09 bits per heavy atom. The van der Waals surface area contributed by atoms with Gasteiger partial charge in [-0.3, -0.25) is 14.6 Å². The van der Waals surface area contributed by atoms with Crippen molar-refractivity contribution in [3.63, 3.8) is 0 Å². The fraction of sp³-hybridized carbons (Fsp3) is 0.231. The number of anilines is 1. The van der Waals surface area contributed by atoms with E-state index in [-0.39, 0.29) is 22.3 Å². The van der Waals surface area contributed by atoms with Crippen LogP contribution in [0.15, 0.2) is 28.2 Å². The number of hydrogen-bond acceptors (Lipinski definition) is 5. The molecular weight excluding hydrogens is 347 g/mol. The quantitative estimate of drug-likeness (QED) is 0.820. The summed E-state index contributed by atoms with van der Waals surface area (Å²) in [5, 5.41) is 10.9. The zero-order chi connectivity index (χ0) is 16.3. The molecule has 0 bridgehead atoms. The Hall–Kier alpha value is -1.57. The van der Waals surface area contributed by atoms with E-state index in [9.17, 15) is 9.59 Å². The summed E-state index contributed by atoms with van der Waals surface area (Å²) in [5.41, 5.74) is 0.409. The maximum Gasteiger partial charge on any atom is 0.273 e. The van der Waals surface area contributed by atoms with Crippen LogP contribution in [0.25, 0.3) is 0 Å². The number of rotatable bonds is 4. The number of carbonyl (C=O) groups excluding carboxylic acids is 1. The minimum Gasteiger partial charge on any atom is -0.324 e. The van der Waals surface area contributed by atoms with Crippen LogP contribution in [0.3, 0.4) is 0 Å². The number of benzene rings is 1. The molecule has 6 nitrogen and oxygen atoms in total. The van der Waals surface area contributed by atoms with Gasteiger partial charge in [-0.05, 0) is 32.0 Å². The van der Waals surface area contributed by atoms with Crippen molar-refractivity contribution in [1.29, 1.82) is 0 Å². The third-order valence-electron chi connectivity index (χ3n) is 2.69. The van der Waals surface area contributed by atoms with Gasteiger partial charge in [-0.15, -0.1) is 10.2 Å². The van der Waals surface area contributed by atoms with Crippen LogP contribution in [0.1, 0.15) is 12.6 Å². The molecule has 0 radical (unpaired) electrons. The van der Waals surface area contributed by atoms with Crippen molar-refractivity contribution in [2.24, 2.45) is 0 Å². The van der Waals surface area contributed by atoms with Gasteiger partial charge in [0.2, 0.25) is 5.91 Å². The SMILES string of the molecule is Cc1nnc(S[C@H](C)C(=O)Nc2ccc(Cl)cc2Cl)[nH]c1=O. The predicted octanol–water partition coefficient (Wildman–Crippen LogP) is 2.90. The fourth-order valence-corrected chi connectivity index (χ4v) is 2.67. The molecule has 0 fully saturated rings. The van der Waals surface area contributed by atoms with Crippen molar-refractivity contribution in [2.45, 2.75) is 24.3 Å². The average molecular weight is 359 g/mol. The van der Waals surface area contributed by atoms with Gasteiger partial charge in [0, 0.05) is 5.02 Å². The van der Waals surface area contributed by atoms with E-state index in [1.54, 1.807) is 32.0 Å². The summed E-state index contributed by atoms with van der Waals surface area (Å²) in [7, 11) is 0. The molecule has 2 rings (SSSR count). The van der Waals surface area contributed by atoms with Gasteiger partial charge in [-0.1, -0.05) is 35.0 Å². The molecule has 0 saturated carbocycles. The average Bonchev–Trinajstić information content (AvgIpc) is 2.45. The number of carbonyl (C=O) groups is 1. The van der Waals surface area contributed by atoms with Crippen LogP contribution in [-0.2, 0) is 4.79 Å². The van der Waals surface area contributed by atoms with E-state index in [0.717, 1.165) is 11.8 Å². The van der Waals surface area contributed by atoms with Gasteiger partial charge in [-0.25, -0.2) is 0 Å². The normalized spacial score (nSPS) is 12.0. The Labute approximate surface area is 140 Å². The van der Waals surface area contributed by atoms with Crippen LogP contribution in [0.2, 0.25) is 10.0 Å². The van der Waals surface area contributed by atoms with Crippen molar-refractivity contribution >= 4 is 46.6 Å². The zero-order valence-electron chi connectivity index (χ0n) is 11.7. The highest BCUT2D eigenvalue weighted by Crippen LogP contribution is 2.26. The molecule has 0 spiro atoms. The van der Waals surface area contributed by atoms with Crippen molar-refractivity contribution in [3.8, 4) is 0 Å². The zero-order valence-corrected chi connectivity index (χ0v) is 14.0. The first kappa shape index (κ1) is 16.8. The number of aryl methyl sites for hydroxylation is 1. The van der Waals surface area contributed by atoms with Gasteiger partial charge in [0.05, 0.1) is 16.0 Å². The van der Waals surface area contributed by atoms with Crippen molar-refractivity contribution in [1.82, 2.24) is 15.2 Å². The lowest BCUT2D eigenvalue weighted by Crippen LogP contribution is -2.24. The molecular formula is C13H12Cl2N4O2S. The van der Waals surface area contributed by atoms with Gasteiger partial charge >= 0.3 is 0 Å². The van der Waals surface area contributed by atoms with E-state index in [1.165, 1.54) is 0 Å². The van der Waals surface area contributed by atoms with E-state index in [1.807, 2.05) is 0 Å². The lowest BCUT2D eigenvalue weighted by Gasteiger charge is -2.12. The molecule has 2 aromatic rings. The first-order valence-electron chi connectivity index (χ1n) is 6.23.